The molecule has 2 heterocycles. The summed E-state index contributed by atoms with van der Waals surface area (Å²) in [6.07, 6.45) is 5.68. The number of piperidine rings is 1. The Morgan fingerprint density at radius 2 is 2.35 bits per heavy atom. The van der Waals surface area contributed by atoms with E-state index in [4.69, 9.17) is 5.73 Å². The van der Waals surface area contributed by atoms with Gasteiger partial charge in [0.1, 0.15) is 6.54 Å². The Bertz CT molecular complexity index is 688. The fourth-order valence-corrected chi connectivity index (χ4v) is 4.01. The molecule has 1 aliphatic carbocycles. The molecule has 2 aromatic rings. The third-order valence-electron chi connectivity index (χ3n) is 4.77. The fourth-order valence-electron chi connectivity index (χ4n) is 4.01. The van der Waals surface area contributed by atoms with Crippen molar-refractivity contribution in [1.82, 2.24) is 9.88 Å². The first-order valence-corrected chi connectivity index (χ1v) is 7.36. The highest BCUT2D eigenvalue weighted by Crippen LogP contribution is 2.41. The minimum atomic E-state index is -0.284. The molecular formula is C16H19N3O. The maximum atomic E-state index is 11.3. The first-order chi connectivity index (χ1) is 9.74. The zero-order chi connectivity index (χ0) is 13.7. The summed E-state index contributed by atoms with van der Waals surface area (Å²) in [5.74, 6) is 0.331. The summed E-state index contributed by atoms with van der Waals surface area (Å²) in [7, 11) is 0. The maximum absolute atomic E-state index is 11.3. The van der Waals surface area contributed by atoms with Gasteiger partial charge >= 0.3 is 0 Å². The number of aromatic nitrogens is 1. The van der Waals surface area contributed by atoms with Gasteiger partial charge in [0.05, 0.1) is 0 Å². The first-order valence-electron chi connectivity index (χ1n) is 7.36. The fraction of sp³-hybridized carbons (Fsp3) is 0.438. The van der Waals surface area contributed by atoms with E-state index < -0.39 is 0 Å². The summed E-state index contributed by atoms with van der Waals surface area (Å²) in [6, 6.07) is 7.01. The molecule has 0 spiro atoms. The first kappa shape index (κ1) is 12.0. The highest BCUT2D eigenvalue weighted by atomic mass is 16.1. The van der Waals surface area contributed by atoms with Crippen molar-refractivity contribution < 1.29 is 4.79 Å². The van der Waals surface area contributed by atoms with Gasteiger partial charge in [-0.25, -0.2) is 0 Å². The third kappa shape index (κ3) is 1.68. The second kappa shape index (κ2) is 4.35. The molecule has 0 bridgehead atoms. The van der Waals surface area contributed by atoms with Crippen LogP contribution in [0.25, 0.3) is 10.9 Å². The number of nitrogens with one attached hydrogen (secondary N) is 1. The van der Waals surface area contributed by atoms with E-state index >= 15 is 0 Å². The molecule has 3 N–H and O–H groups in total. The highest BCUT2D eigenvalue weighted by Gasteiger charge is 2.33. The van der Waals surface area contributed by atoms with Crippen molar-refractivity contribution in [1.29, 1.82) is 0 Å². The number of hydrogen-bond acceptors (Lipinski definition) is 2. The Morgan fingerprint density at radius 3 is 3.20 bits per heavy atom. The molecule has 0 unspecified atom stereocenters. The summed E-state index contributed by atoms with van der Waals surface area (Å²) in [4.78, 5) is 11.3. The van der Waals surface area contributed by atoms with E-state index in [0.717, 1.165) is 18.5 Å². The molecule has 1 aliphatic heterocycles. The number of carbonyl (C=O) groups is 1. The van der Waals surface area contributed by atoms with Crippen LogP contribution in [-0.4, -0.2) is 23.1 Å². The van der Waals surface area contributed by atoms with Crippen molar-refractivity contribution in [2.45, 2.75) is 37.8 Å². The number of carbonyl (C=O) groups excluding carboxylic acids is 1. The van der Waals surface area contributed by atoms with Crippen LogP contribution >= 0.6 is 0 Å². The van der Waals surface area contributed by atoms with Crippen LogP contribution in [0, 0.1) is 0 Å². The Balaban J connectivity index is 1.90. The second-order valence-corrected chi connectivity index (χ2v) is 6.00. The molecular weight excluding hydrogens is 250 g/mol. The molecule has 4 nitrogen and oxygen atoms in total. The summed E-state index contributed by atoms with van der Waals surface area (Å²) in [5, 5.41) is 5.01. The number of nitrogens with two attached hydrogens (primary N) is 1. The second-order valence-electron chi connectivity index (χ2n) is 6.00. The molecule has 2 atom stereocenters. The molecule has 1 amide bonds. The standard InChI is InChI=1S/C16H19N3O/c17-15(20)9-19-8-10-7-13-11(4-2-6-18-13)12-3-1-5-14(19)16(10)12/h1,3,5,8,11,13,18H,2,4,6-7,9H2,(H2,17,20)/t11-,13-/m0/s1. The van der Waals surface area contributed by atoms with Crippen LogP contribution in [0.1, 0.15) is 29.9 Å². The third-order valence-corrected chi connectivity index (χ3v) is 4.77. The van der Waals surface area contributed by atoms with Gasteiger partial charge in [-0.05, 0) is 43.0 Å². The van der Waals surface area contributed by atoms with E-state index in [1.807, 2.05) is 4.57 Å². The summed E-state index contributed by atoms with van der Waals surface area (Å²) >= 11 is 0. The smallest absolute Gasteiger partial charge is 0.237 e. The van der Waals surface area contributed by atoms with Crippen LogP contribution in [0.3, 0.4) is 0 Å². The topological polar surface area (TPSA) is 60.1 Å². The molecule has 1 fully saturated rings. The van der Waals surface area contributed by atoms with Gasteiger partial charge in [0.15, 0.2) is 0 Å². The van der Waals surface area contributed by atoms with Crippen LogP contribution < -0.4 is 11.1 Å². The maximum Gasteiger partial charge on any atom is 0.237 e. The highest BCUT2D eigenvalue weighted by molar-refractivity contribution is 5.90. The van der Waals surface area contributed by atoms with Crippen molar-refractivity contribution >= 4 is 16.8 Å². The van der Waals surface area contributed by atoms with E-state index in [-0.39, 0.29) is 12.5 Å². The van der Waals surface area contributed by atoms with Gasteiger partial charge in [-0.15, -0.1) is 0 Å². The summed E-state index contributed by atoms with van der Waals surface area (Å²) in [6.45, 7) is 1.39. The summed E-state index contributed by atoms with van der Waals surface area (Å²) < 4.78 is 2.01. The number of rotatable bonds is 2. The predicted molar refractivity (Wildman–Crippen MR) is 78.6 cm³/mol. The number of benzene rings is 1. The number of amides is 1. The lowest BCUT2D eigenvalue weighted by Crippen LogP contribution is -2.43. The van der Waals surface area contributed by atoms with Crippen LogP contribution in [0.4, 0.5) is 0 Å². The SMILES string of the molecule is NC(=O)Cn1cc2c3c(cccc31)[C@@H]1CCCN[C@H]1C2. The molecule has 0 radical (unpaired) electrons. The number of primary amides is 1. The van der Waals surface area contributed by atoms with Crippen molar-refractivity contribution in [2.75, 3.05) is 6.54 Å². The normalized spacial score (nSPS) is 24.6. The minimum absolute atomic E-state index is 0.267. The number of hydrogen-bond donors (Lipinski definition) is 2. The lowest BCUT2D eigenvalue weighted by molar-refractivity contribution is -0.118. The molecule has 4 heteroatoms. The van der Waals surface area contributed by atoms with Gasteiger partial charge in [-0.2, -0.15) is 0 Å². The van der Waals surface area contributed by atoms with Crippen LogP contribution in [0.15, 0.2) is 24.4 Å². The van der Waals surface area contributed by atoms with E-state index in [0.29, 0.717) is 12.0 Å². The lowest BCUT2D eigenvalue weighted by Gasteiger charge is -2.36. The molecule has 2 aliphatic rings. The average molecular weight is 269 g/mol. The van der Waals surface area contributed by atoms with E-state index in [2.05, 4.69) is 29.7 Å². The molecule has 1 aromatic carbocycles. The predicted octanol–water partition coefficient (Wildman–Crippen LogP) is 1.52. The molecule has 20 heavy (non-hydrogen) atoms. The van der Waals surface area contributed by atoms with Crippen LogP contribution in [-0.2, 0) is 17.8 Å². The Kier molecular flexibility index (Phi) is 2.60. The van der Waals surface area contributed by atoms with Gasteiger partial charge in [0.2, 0.25) is 5.91 Å². The zero-order valence-electron chi connectivity index (χ0n) is 11.4. The zero-order valence-corrected chi connectivity index (χ0v) is 11.4. The molecule has 4 rings (SSSR count). The van der Waals surface area contributed by atoms with Gasteiger partial charge < -0.3 is 15.6 Å². The van der Waals surface area contributed by atoms with Crippen molar-refractivity contribution in [3.05, 3.63) is 35.5 Å². The van der Waals surface area contributed by atoms with E-state index in [1.165, 1.54) is 29.4 Å². The largest absolute Gasteiger partial charge is 0.368 e. The van der Waals surface area contributed by atoms with Gasteiger partial charge in [0.25, 0.3) is 0 Å². The van der Waals surface area contributed by atoms with Gasteiger partial charge in [-0.3, -0.25) is 4.79 Å². The van der Waals surface area contributed by atoms with Crippen LogP contribution in [0.2, 0.25) is 0 Å². The van der Waals surface area contributed by atoms with Crippen molar-refractivity contribution in [3.8, 4) is 0 Å². The van der Waals surface area contributed by atoms with Crippen LogP contribution in [0.5, 0.6) is 0 Å². The van der Waals surface area contributed by atoms with Gasteiger partial charge in [0, 0.05) is 29.1 Å². The quantitative estimate of drug-likeness (QED) is 0.868. The van der Waals surface area contributed by atoms with Crippen molar-refractivity contribution in [3.63, 3.8) is 0 Å². The molecule has 0 saturated carbocycles. The summed E-state index contributed by atoms with van der Waals surface area (Å²) in [5.41, 5.74) is 9.32. The van der Waals surface area contributed by atoms with Crippen molar-refractivity contribution in [2.24, 2.45) is 5.73 Å². The average Bonchev–Trinajstić information content (AvgIpc) is 2.78. The Morgan fingerprint density at radius 1 is 1.45 bits per heavy atom. The molecule has 104 valence electrons. The lowest BCUT2D eigenvalue weighted by atomic mass is 9.76. The number of fused-ring (bicyclic) bond motifs is 2. The molecule has 1 saturated heterocycles. The monoisotopic (exact) mass is 269 g/mol. The minimum Gasteiger partial charge on any atom is -0.368 e. The van der Waals surface area contributed by atoms with E-state index in [9.17, 15) is 4.79 Å². The number of nitrogens with zero attached hydrogens (tertiary/aromatic N) is 1. The van der Waals surface area contributed by atoms with E-state index in [1.54, 1.807) is 0 Å². The van der Waals surface area contributed by atoms with Gasteiger partial charge in [-0.1, -0.05) is 12.1 Å². The Labute approximate surface area is 117 Å². The molecule has 1 aromatic heterocycles. The Hall–Kier alpha value is -1.81.